The van der Waals surface area contributed by atoms with Gasteiger partial charge in [0.1, 0.15) is 5.75 Å². The molecule has 13 heavy (non-hydrogen) atoms. The first kappa shape index (κ1) is 9.44. The maximum absolute atomic E-state index is 10.1. The maximum atomic E-state index is 10.1. The van der Waals surface area contributed by atoms with E-state index < -0.39 is 0 Å². The highest BCUT2D eigenvalue weighted by molar-refractivity contribution is 5.23. The molecule has 0 aliphatic rings. The summed E-state index contributed by atoms with van der Waals surface area (Å²) in [7, 11) is 1.54. The number of aromatic nitrogens is 1. The fourth-order valence-electron chi connectivity index (χ4n) is 0.932. The van der Waals surface area contributed by atoms with E-state index in [1.165, 1.54) is 7.11 Å². The van der Waals surface area contributed by atoms with Crippen LogP contribution in [0, 0.1) is 10.1 Å². The van der Waals surface area contributed by atoms with Gasteiger partial charge in [0.25, 0.3) is 0 Å². The molecule has 0 aromatic carbocycles. The summed E-state index contributed by atoms with van der Waals surface area (Å²) in [6, 6.07) is 1.75. The molecule has 0 fully saturated rings. The van der Waals surface area contributed by atoms with E-state index in [4.69, 9.17) is 4.74 Å². The van der Waals surface area contributed by atoms with Gasteiger partial charge in [0.15, 0.2) is 0 Å². The molecule has 0 aliphatic heterocycles. The standard InChI is InChI=1S/C8H10N2O3/c1-13-8-4-7(5-9-6-8)2-3-10(11)12/h4-6H,2-3H2,1H3. The van der Waals surface area contributed by atoms with Gasteiger partial charge in [-0.2, -0.15) is 0 Å². The molecule has 0 radical (unpaired) electrons. The highest BCUT2D eigenvalue weighted by atomic mass is 16.6. The second kappa shape index (κ2) is 4.39. The molecule has 0 saturated carbocycles. The van der Waals surface area contributed by atoms with Crippen molar-refractivity contribution in [1.29, 1.82) is 0 Å². The van der Waals surface area contributed by atoms with Crippen molar-refractivity contribution in [2.24, 2.45) is 0 Å². The quantitative estimate of drug-likeness (QED) is 0.512. The van der Waals surface area contributed by atoms with E-state index in [0.717, 1.165) is 5.56 Å². The van der Waals surface area contributed by atoms with E-state index in [1.807, 2.05) is 0 Å². The summed E-state index contributed by atoms with van der Waals surface area (Å²) in [6.45, 7) is -0.0746. The molecule has 0 N–H and O–H groups in total. The van der Waals surface area contributed by atoms with Crippen LogP contribution in [0.1, 0.15) is 5.56 Å². The minimum absolute atomic E-state index is 0.0746. The monoisotopic (exact) mass is 182 g/mol. The summed E-state index contributed by atoms with van der Waals surface area (Å²) in [4.78, 5) is 13.6. The lowest BCUT2D eigenvalue weighted by Crippen LogP contribution is -2.04. The van der Waals surface area contributed by atoms with Crippen molar-refractivity contribution >= 4 is 0 Å². The van der Waals surface area contributed by atoms with Crippen molar-refractivity contribution in [3.05, 3.63) is 34.1 Å². The van der Waals surface area contributed by atoms with Crippen LogP contribution in [0.15, 0.2) is 18.5 Å². The minimum atomic E-state index is -0.348. The molecule has 0 atom stereocenters. The number of nitro groups is 1. The van der Waals surface area contributed by atoms with Crippen molar-refractivity contribution in [2.45, 2.75) is 6.42 Å². The highest BCUT2D eigenvalue weighted by Gasteiger charge is 2.01. The summed E-state index contributed by atoms with van der Waals surface area (Å²) < 4.78 is 4.93. The van der Waals surface area contributed by atoms with E-state index in [-0.39, 0.29) is 11.5 Å². The van der Waals surface area contributed by atoms with Crippen LogP contribution >= 0.6 is 0 Å². The molecule has 70 valence electrons. The van der Waals surface area contributed by atoms with E-state index >= 15 is 0 Å². The van der Waals surface area contributed by atoms with Crippen LogP contribution in [-0.4, -0.2) is 23.6 Å². The molecule has 0 saturated heterocycles. The number of hydrogen-bond acceptors (Lipinski definition) is 4. The van der Waals surface area contributed by atoms with Crippen LogP contribution < -0.4 is 4.74 Å². The predicted molar refractivity (Wildman–Crippen MR) is 46.4 cm³/mol. The van der Waals surface area contributed by atoms with Gasteiger partial charge >= 0.3 is 0 Å². The number of rotatable bonds is 4. The van der Waals surface area contributed by atoms with Crippen LogP contribution in [0.3, 0.4) is 0 Å². The lowest BCUT2D eigenvalue weighted by atomic mass is 10.2. The first-order valence-corrected chi connectivity index (χ1v) is 3.82. The third kappa shape index (κ3) is 3.06. The SMILES string of the molecule is COc1cncc(CC[N+](=O)[O-])c1. The fraction of sp³-hybridized carbons (Fsp3) is 0.375. The molecular formula is C8H10N2O3. The van der Waals surface area contributed by atoms with Crippen LogP contribution in [0.5, 0.6) is 5.75 Å². The summed E-state index contributed by atoms with van der Waals surface area (Å²) in [5.74, 6) is 0.626. The average molecular weight is 182 g/mol. The van der Waals surface area contributed by atoms with Crippen molar-refractivity contribution < 1.29 is 9.66 Å². The number of pyridine rings is 1. The molecule has 0 bridgehead atoms. The molecular weight excluding hydrogens is 172 g/mol. The third-order valence-corrected chi connectivity index (χ3v) is 1.59. The van der Waals surface area contributed by atoms with Crippen LogP contribution in [0.25, 0.3) is 0 Å². The molecule has 1 aromatic heterocycles. The second-order valence-electron chi connectivity index (χ2n) is 2.54. The third-order valence-electron chi connectivity index (χ3n) is 1.59. The second-order valence-corrected chi connectivity index (χ2v) is 2.54. The molecule has 5 heteroatoms. The highest BCUT2D eigenvalue weighted by Crippen LogP contribution is 2.10. The molecule has 0 unspecified atom stereocenters. The van der Waals surface area contributed by atoms with E-state index in [1.54, 1.807) is 18.5 Å². The lowest BCUT2D eigenvalue weighted by molar-refractivity contribution is -0.479. The lowest BCUT2D eigenvalue weighted by Gasteiger charge is -2.00. The number of ether oxygens (including phenoxy) is 1. The maximum Gasteiger partial charge on any atom is 0.207 e. The zero-order chi connectivity index (χ0) is 9.68. The molecule has 1 heterocycles. The van der Waals surface area contributed by atoms with Crippen molar-refractivity contribution in [1.82, 2.24) is 4.98 Å². The first-order valence-electron chi connectivity index (χ1n) is 3.82. The normalized spacial score (nSPS) is 9.62. The Bertz CT molecular complexity index is 301. The summed E-state index contributed by atoms with van der Waals surface area (Å²) in [5.41, 5.74) is 0.816. The molecule has 0 amide bonds. The van der Waals surface area contributed by atoms with Crippen molar-refractivity contribution in [2.75, 3.05) is 13.7 Å². The van der Waals surface area contributed by atoms with Crippen LogP contribution in [-0.2, 0) is 6.42 Å². The Balaban J connectivity index is 2.61. The molecule has 0 aliphatic carbocycles. The summed E-state index contributed by atoms with van der Waals surface area (Å²) in [6.07, 6.45) is 3.55. The van der Waals surface area contributed by atoms with Gasteiger partial charge in [0.2, 0.25) is 6.54 Å². The Morgan fingerprint density at radius 3 is 3.00 bits per heavy atom. The van der Waals surface area contributed by atoms with Gasteiger partial charge in [-0.05, 0) is 11.6 Å². The zero-order valence-corrected chi connectivity index (χ0v) is 7.27. The van der Waals surface area contributed by atoms with Crippen LogP contribution in [0.2, 0.25) is 0 Å². The summed E-state index contributed by atoms with van der Waals surface area (Å²) >= 11 is 0. The molecule has 1 rings (SSSR count). The van der Waals surface area contributed by atoms with Crippen LogP contribution in [0.4, 0.5) is 0 Å². The van der Waals surface area contributed by atoms with Crippen molar-refractivity contribution in [3.63, 3.8) is 0 Å². The number of hydrogen-bond donors (Lipinski definition) is 0. The van der Waals surface area contributed by atoms with E-state index in [2.05, 4.69) is 4.98 Å². The van der Waals surface area contributed by atoms with Crippen molar-refractivity contribution in [3.8, 4) is 5.75 Å². The number of nitrogens with zero attached hydrogens (tertiary/aromatic N) is 2. The predicted octanol–water partition coefficient (Wildman–Crippen LogP) is 0.909. The molecule has 0 spiro atoms. The Morgan fingerprint density at radius 2 is 2.38 bits per heavy atom. The van der Waals surface area contributed by atoms with Gasteiger partial charge in [-0.3, -0.25) is 15.1 Å². The van der Waals surface area contributed by atoms with E-state index in [9.17, 15) is 10.1 Å². The van der Waals surface area contributed by atoms with Gasteiger partial charge in [0, 0.05) is 17.5 Å². The number of methoxy groups -OCH3 is 1. The Morgan fingerprint density at radius 1 is 1.62 bits per heavy atom. The van der Waals surface area contributed by atoms with Gasteiger partial charge < -0.3 is 4.74 Å². The average Bonchev–Trinajstić information content (AvgIpc) is 2.15. The molecule has 1 aromatic rings. The Labute approximate surface area is 75.5 Å². The molecule has 5 nitrogen and oxygen atoms in total. The minimum Gasteiger partial charge on any atom is -0.495 e. The largest absolute Gasteiger partial charge is 0.495 e. The fourth-order valence-corrected chi connectivity index (χ4v) is 0.932. The Kier molecular flexibility index (Phi) is 3.19. The van der Waals surface area contributed by atoms with Gasteiger partial charge in [0.05, 0.1) is 13.3 Å². The van der Waals surface area contributed by atoms with Gasteiger partial charge in [-0.15, -0.1) is 0 Å². The first-order chi connectivity index (χ1) is 6.22. The zero-order valence-electron chi connectivity index (χ0n) is 7.27. The Hall–Kier alpha value is -1.65. The van der Waals surface area contributed by atoms with Gasteiger partial charge in [-0.25, -0.2) is 0 Å². The van der Waals surface area contributed by atoms with Gasteiger partial charge in [-0.1, -0.05) is 0 Å². The summed E-state index contributed by atoms with van der Waals surface area (Å²) in [5, 5.41) is 10.1. The topological polar surface area (TPSA) is 65.3 Å². The van der Waals surface area contributed by atoms with E-state index in [0.29, 0.717) is 12.2 Å². The smallest absolute Gasteiger partial charge is 0.207 e.